The minimum Gasteiger partial charge on any atom is -0.385 e. The van der Waals surface area contributed by atoms with Crippen molar-refractivity contribution in [2.24, 2.45) is 5.11 Å². The third kappa shape index (κ3) is 37.3. The summed E-state index contributed by atoms with van der Waals surface area (Å²) in [6, 6.07) is -1.16. The highest BCUT2D eigenvalue weighted by Crippen LogP contribution is 2.42. The average Bonchev–Trinajstić information content (AvgIpc) is 0.754. The molecule has 5 heterocycles. The van der Waals surface area contributed by atoms with E-state index in [4.69, 9.17) is 114 Å². The van der Waals surface area contributed by atoms with Crippen LogP contribution in [0, 0.1) is 0 Å². The first kappa shape index (κ1) is 106. The second-order valence-corrected chi connectivity index (χ2v) is 31.8. The van der Waals surface area contributed by atoms with E-state index in [0.717, 1.165) is 167 Å². The molecule has 28 nitrogen and oxygen atoms in total. The molecule has 0 bridgehead atoms. The number of nitrogens with zero attached hydrogens (tertiary/aromatic N) is 3. The van der Waals surface area contributed by atoms with E-state index >= 15 is 0 Å². The largest absolute Gasteiger partial charge is 0.385 e. The Kier molecular flexibility index (Phi) is 60.0. The number of hydrogen-bond donors (Lipinski definition) is 1. The summed E-state index contributed by atoms with van der Waals surface area (Å²) >= 11 is 0. The molecule has 117 heavy (non-hydrogen) atoms. The molecule has 25 atom stereocenters. The molecule has 0 aliphatic carbocycles. The Balaban J connectivity index is 1.95. The molecule has 5 aliphatic rings. The monoisotopic (exact) mass is 1680 g/mol. The van der Waals surface area contributed by atoms with Crippen LogP contribution in [0.4, 0.5) is 0 Å². The van der Waals surface area contributed by atoms with Crippen molar-refractivity contribution in [3.8, 4) is 0 Å². The van der Waals surface area contributed by atoms with Crippen LogP contribution in [0.1, 0.15) is 277 Å². The molecule has 10 unspecified atom stereocenters. The van der Waals surface area contributed by atoms with Gasteiger partial charge in [0.15, 0.2) is 31.5 Å². The maximum atomic E-state index is 13.0. The van der Waals surface area contributed by atoms with Crippen LogP contribution >= 0.6 is 0 Å². The quantitative estimate of drug-likeness (QED) is 0.0194. The number of ether oxygens (including phenoxy) is 24. The number of hydrogen-bond acceptors (Lipinski definition) is 26. The average molecular weight is 1680 g/mol. The second kappa shape index (κ2) is 66.5. The van der Waals surface area contributed by atoms with Gasteiger partial charge in [0.1, 0.15) is 116 Å². The molecule has 0 aromatic heterocycles. The summed E-state index contributed by atoms with van der Waals surface area (Å²) in [6.45, 7) is 39.3. The van der Waals surface area contributed by atoms with Crippen LogP contribution in [0.5, 0.6) is 0 Å². The van der Waals surface area contributed by atoms with Gasteiger partial charge in [-0.2, -0.15) is 0 Å². The fourth-order valence-corrected chi connectivity index (χ4v) is 14.5. The zero-order chi connectivity index (χ0) is 84.5. The van der Waals surface area contributed by atoms with Crippen molar-refractivity contribution in [2.45, 2.75) is 430 Å². The molecule has 5 rings (SSSR count). The van der Waals surface area contributed by atoms with Crippen LogP contribution in [0.15, 0.2) is 17.8 Å². The molecule has 0 amide bonds. The third-order valence-electron chi connectivity index (χ3n) is 21.6. The highest BCUT2D eigenvalue weighted by atomic mass is 16.8. The van der Waals surface area contributed by atoms with E-state index < -0.39 is 153 Å². The van der Waals surface area contributed by atoms with E-state index in [9.17, 15) is 10.6 Å². The first-order valence-corrected chi connectivity index (χ1v) is 46.7. The van der Waals surface area contributed by atoms with Gasteiger partial charge >= 0.3 is 0 Å². The normalized spacial score (nSPS) is 31.6. The van der Waals surface area contributed by atoms with E-state index in [1.54, 1.807) is 6.08 Å². The Morgan fingerprint density at radius 3 is 0.915 bits per heavy atom. The molecule has 5 aliphatic heterocycles. The summed E-state index contributed by atoms with van der Waals surface area (Å²) in [5.74, 6) is 0. The molecule has 28 heteroatoms. The van der Waals surface area contributed by atoms with Gasteiger partial charge in [-0.25, -0.2) is 0 Å². The van der Waals surface area contributed by atoms with Gasteiger partial charge < -0.3 is 119 Å². The van der Waals surface area contributed by atoms with Crippen LogP contribution in [-0.4, -0.2) is 291 Å². The maximum Gasteiger partial charge on any atom is 0.187 e. The summed E-state index contributed by atoms with van der Waals surface area (Å²) < 4.78 is 171. The summed E-state index contributed by atoms with van der Waals surface area (Å²) in [5, 5.41) is 17.5. The Morgan fingerprint density at radius 1 is 0.274 bits per heavy atom. The molecule has 0 saturated carbocycles. The lowest BCUT2D eigenvalue weighted by atomic mass is 9.94. The predicted octanol–water partition coefficient (Wildman–Crippen LogP) is 16.1. The smallest absolute Gasteiger partial charge is 0.187 e. The second-order valence-electron chi connectivity index (χ2n) is 31.8. The van der Waals surface area contributed by atoms with Crippen molar-refractivity contribution < 1.29 is 119 Å². The summed E-state index contributed by atoms with van der Waals surface area (Å²) in [7, 11) is 0. The maximum absolute atomic E-state index is 13.0. The molecule has 0 aromatic rings. The lowest BCUT2D eigenvalue weighted by Crippen LogP contribution is -2.69. The van der Waals surface area contributed by atoms with Crippen LogP contribution in [0.2, 0.25) is 0 Å². The molecule has 5 saturated heterocycles. The Hall–Kier alpha value is -1.95. The molecular weight excluding hydrogens is 1510 g/mol. The Bertz CT molecular complexity index is 2400. The summed E-state index contributed by atoms with van der Waals surface area (Å²) in [4.78, 5) is 3.52. The SMILES string of the molecule is C=CCO[C@H]1OC(CO[C@@H]2OC(COCCCC)[C@@H](OCCCC)[C@H](OCCCC)C2O)[C@@H](O[C@@H]2OC(COCCCC)[C@@H](OCCCC)[C@H](OCCCC)C2O[C@H]2OC(COCCCC)[C@@H](OCCCC)C(OCCCC)[C@@H]2N=[N+]=[N-])[C@H](O[C@@H]2OC(COCCCC)[C@@H](OCCCC)C(OCCCC)[C@@H]2OCCCC)C1OCCCC. The van der Waals surface area contributed by atoms with Gasteiger partial charge in [-0.05, 0) is 95.4 Å². The van der Waals surface area contributed by atoms with Gasteiger partial charge in [-0.1, -0.05) is 198 Å². The third-order valence-corrected chi connectivity index (χ3v) is 21.6. The molecule has 688 valence electrons. The molecule has 0 spiro atoms. The molecular formula is C89H167N3O25. The van der Waals surface area contributed by atoms with Crippen LogP contribution in [0.25, 0.3) is 10.4 Å². The van der Waals surface area contributed by atoms with Gasteiger partial charge in [0.2, 0.25) is 0 Å². The van der Waals surface area contributed by atoms with Crippen LogP contribution in [0.3, 0.4) is 0 Å². The van der Waals surface area contributed by atoms with Crippen molar-refractivity contribution in [3.05, 3.63) is 23.1 Å². The van der Waals surface area contributed by atoms with E-state index in [0.29, 0.717) is 92.1 Å². The Labute approximate surface area is 706 Å². The van der Waals surface area contributed by atoms with Gasteiger partial charge in [0.25, 0.3) is 0 Å². The van der Waals surface area contributed by atoms with Crippen molar-refractivity contribution >= 4 is 0 Å². The van der Waals surface area contributed by atoms with Crippen LogP contribution < -0.4 is 0 Å². The first-order chi connectivity index (χ1) is 57.4. The summed E-state index contributed by atoms with van der Waals surface area (Å²) in [6.07, 6.45) is -0.464. The standard InChI is InChI=1S/C89H167N3O25/c1-16-31-46-94-60-65-72(98-50-35-20-5)77(102-54-39-24-9)70(91-92-90)85(110-65)117-84-80(105-57-42-27-12)75(101-53-38-23-8)68(63-97-49-34-19-4)114-89(84)115-76-69(64-109-86-71(93)78(103-55-40-25-10)73(99-51-36-21-6)66(111-86)61-95-47-32-17-2)112-87(108-45-30-15)83(107-59-44-29-14)81(76)116-88-82(106-58-43-28-13)79(104-56-41-26-11)74(100-52-37-22-7)67(113-88)62-96-48-33-18-3/h30,65-89,93H,15-29,31-64H2,1-14H3/t65?,66?,67?,68?,69?,70-,71?,72+,73+,74+,75+,76+,77?,78+,79?,80-,81-,82-,83?,84?,85+,86+,87-,88-,89-/m0/s1. The summed E-state index contributed by atoms with van der Waals surface area (Å²) in [5.41, 5.74) is 10.9. The van der Waals surface area contributed by atoms with Crippen molar-refractivity contribution in [1.82, 2.24) is 0 Å². The number of aliphatic hydroxyl groups excluding tert-OH is 1. The van der Waals surface area contributed by atoms with Crippen LogP contribution in [-0.2, 0) is 114 Å². The van der Waals surface area contributed by atoms with Crippen molar-refractivity contribution in [1.29, 1.82) is 0 Å². The number of rotatable bonds is 73. The lowest BCUT2D eigenvalue weighted by Gasteiger charge is -2.53. The fourth-order valence-electron chi connectivity index (χ4n) is 14.5. The highest BCUT2D eigenvalue weighted by molar-refractivity contribution is 5.03. The lowest BCUT2D eigenvalue weighted by molar-refractivity contribution is -0.408. The predicted molar refractivity (Wildman–Crippen MR) is 448 cm³/mol. The topological polar surface area (TPSA) is 291 Å². The molecule has 0 aromatic carbocycles. The minimum absolute atomic E-state index is 0.0258. The van der Waals surface area contributed by atoms with E-state index in [1.807, 2.05) is 0 Å². The zero-order valence-electron chi connectivity index (χ0n) is 75.2. The van der Waals surface area contributed by atoms with E-state index in [2.05, 4.69) is 114 Å². The van der Waals surface area contributed by atoms with E-state index in [-0.39, 0.29) is 52.9 Å². The van der Waals surface area contributed by atoms with E-state index in [1.165, 1.54) is 0 Å². The minimum atomic E-state index is -1.50. The molecule has 5 fully saturated rings. The fraction of sp³-hybridized carbons (Fsp3) is 0.978. The highest BCUT2D eigenvalue weighted by Gasteiger charge is 2.60. The van der Waals surface area contributed by atoms with Crippen molar-refractivity contribution in [2.75, 3.05) is 132 Å². The zero-order valence-corrected chi connectivity index (χ0v) is 75.2. The van der Waals surface area contributed by atoms with Crippen molar-refractivity contribution in [3.63, 3.8) is 0 Å². The first-order valence-electron chi connectivity index (χ1n) is 46.7. The van der Waals surface area contributed by atoms with Gasteiger partial charge in [0.05, 0.1) is 45.7 Å². The van der Waals surface area contributed by atoms with Gasteiger partial charge in [-0.15, -0.1) is 6.58 Å². The Morgan fingerprint density at radius 2 is 0.538 bits per heavy atom. The molecule has 0 radical (unpaired) electrons. The van der Waals surface area contributed by atoms with Gasteiger partial charge in [-0.3, -0.25) is 0 Å². The number of azide groups is 1. The number of aliphatic hydroxyl groups is 1. The number of unbranched alkanes of at least 4 members (excludes halogenated alkanes) is 14. The van der Waals surface area contributed by atoms with Gasteiger partial charge in [0, 0.05) is 97.4 Å². The molecule has 1 N–H and O–H groups in total.